The molecule has 1 aromatic heterocycles. The minimum Gasteiger partial charge on any atom is -0.495 e. The molecule has 1 aliphatic heterocycles. The molecular weight excluding hydrogens is 455 g/mol. The lowest BCUT2D eigenvalue weighted by Crippen LogP contribution is -2.54. The Morgan fingerprint density at radius 1 is 1.09 bits per heavy atom. The van der Waals surface area contributed by atoms with Gasteiger partial charge in [-0.2, -0.15) is 0 Å². The van der Waals surface area contributed by atoms with Crippen molar-refractivity contribution in [2.75, 3.05) is 29.8 Å². The number of nitrogens with zero attached hydrogens (tertiary/aromatic N) is 2. The van der Waals surface area contributed by atoms with Gasteiger partial charge in [0.05, 0.1) is 18.5 Å². The SMILES string of the molecule is COc1ccc(N2C[C@@H](C)N[C@@H](C)C2)cc1NS(=O)(=O)c1ccc(-c2cccc(C)n2)cc1F. The number of methoxy groups -OCH3 is 1. The maximum atomic E-state index is 15.0. The molecule has 180 valence electrons. The highest BCUT2D eigenvalue weighted by Crippen LogP contribution is 2.33. The second kappa shape index (κ2) is 9.60. The van der Waals surface area contributed by atoms with Crippen molar-refractivity contribution in [1.82, 2.24) is 10.3 Å². The minimum atomic E-state index is -4.21. The van der Waals surface area contributed by atoms with Gasteiger partial charge in [-0.1, -0.05) is 12.1 Å². The van der Waals surface area contributed by atoms with Crippen molar-refractivity contribution in [3.8, 4) is 17.0 Å². The van der Waals surface area contributed by atoms with Crippen molar-refractivity contribution < 1.29 is 17.5 Å². The molecule has 1 saturated heterocycles. The lowest BCUT2D eigenvalue weighted by Gasteiger charge is -2.38. The highest BCUT2D eigenvalue weighted by molar-refractivity contribution is 7.92. The van der Waals surface area contributed by atoms with Gasteiger partial charge in [0.1, 0.15) is 16.5 Å². The molecule has 0 amide bonds. The Bertz CT molecular complexity index is 1290. The fraction of sp³-hybridized carbons (Fsp3) is 0.320. The van der Waals surface area contributed by atoms with Gasteiger partial charge in [-0.25, -0.2) is 12.8 Å². The van der Waals surface area contributed by atoms with E-state index in [9.17, 15) is 12.8 Å². The highest BCUT2D eigenvalue weighted by Gasteiger charge is 2.24. The van der Waals surface area contributed by atoms with Crippen LogP contribution in [0.3, 0.4) is 0 Å². The monoisotopic (exact) mass is 484 g/mol. The summed E-state index contributed by atoms with van der Waals surface area (Å²) in [4.78, 5) is 6.12. The first-order chi connectivity index (χ1) is 16.2. The van der Waals surface area contributed by atoms with E-state index in [4.69, 9.17) is 4.74 Å². The van der Waals surface area contributed by atoms with Crippen LogP contribution in [-0.2, 0) is 10.0 Å². The molecule has 0 spiro atoms. The smallest absolute Gasteiger partial charge is 0.264 e. The normalized spacial score (nSPS) is 18.6. The minimum absolute atomic E-state index is 0.252. The van der Waals surface area contributed by atoms with Crippen LogP contribution in [0.4, 0.5) is 15.8 Å². The molecule has 0 unspecified atom stereocenters. The molecule has 2 heterocycles. The molecular formula is C25H29FN4O3S. The van der Waals surface area contributed by atoms with Gasteiger partial charge in [0.15, 0.2) is 0 Å². The van der Waals surface area contributed by atoms with Crippen LogP contribution in [0, 0.1) is 12.7 Å². The number of aryl methyl sites for hydroxylation is 1. The zero-order chi connectivity index (χ0) is 24.5. The van der Waals surface area contributed by atoms with E-state index >= 15 is 0 Å². The van der Waals surface area contributed by atoms with Crippen LogP contribution in [0.1, 0.15) is 19.5 Å². The second-order valence-corrected chi connectivity index (χ2v) is 10.3. The number of hydrogen-bond donors (Lipinski definition) is 2. The maximum absolute atomic E-state index is 15.0. The summed E-state index contributed by atoms with van der Waals surface area (Å²) in [5.41, 5.74) is 2.98. The predicted molar refractivity (Wildman–Crippen MR) is 132 cm³/mol. The zero-order valence-electron chi connectivity index (χ0n) is 19.7. The number of sulfonamides is 1. The van der Waals surface area contributed by atoms with Crippen LogP contribution < -0.4 is 19.7 Å². The van der Waals surface area contributed by atoms with Gasteiger partial charge in [0.25, 0.3) is 10.0 Å². The van der Waals surface area contributed by atoms with Gasteiger partial charge >= 0.3 is 0 Å². The molecule has 0 aliphatic carbocycles. The molecule has 9 heteroatoms. The van der Waals surface area contributed by atoms with Crippen LogP contribution in [0.25, 0.3) is 11.3 Å². The van der Waals surface area contributed by atoms with Gasteiger partial charge in [0, 0.05) is 42.1 Å². The van der Waals surface area contributed by atoms with Crippen molar-refractivity contribution in [2.45, 2.75) is 37.8 Å². The number of anilines is 2. The summed E-state index contributed by atoms with van der Waals surface area (Å²) in [7, 11) is -2.74. The predicted octanol–water partition coefficient (Wildman–Crippen LogP) is 4.19. The summed E-state index contributed by atoms with van der Waals surface area (Å²) in [6.07, 6.45) is 0. The summed E-state index contributed by atoms with van der Waals surface area (Å²) in [6, 6.07) is 15.3. The first-order valence-electron chi connectivity index (χ1n) is 11.1. The van der Waals surface area contributed by atoms with Crippen LogP contribution in [0.15, 0.2) is 59.5 Å². The van der Waals surface area contributed by atoms with Crippen molar-refractivity contribution in [2.24, 2.45) is 0 Å². The second-order valence-electron chi connectivity index (χ2n) is 8.67. The number of halogens is 1. The van der Waals surface area contributed by atoms with Gasteiger partial charge in [-0.3, -0.25) is 9.71 Å². The number of nitrogens with one attached hydrogen (secondary N) is 2. The quantitative estimate of drug-likeness (QED) is 0.546. The Labute approximate surface area is 200 Å². The van der Waals surface area contributed by atoms with E-state index in [-0.39, 0.29) is 5.69 Å². The molecule has 1 fully saturated rings. The third kappa shape index (κ3) is 5.15. The van der Waals surface area contributed by atoms with Gasteiger partial charge < -0.3 is 15.0 Å². The zero-order valence-corrected chi connectivity index (χ0v) is 20.5. The number of rotatable bonds is 6. The largest absolute Gasteiger partial charge is 0.495 e. The van der Waals surface area contributed by atoms with E-state index < -0.39 is 20.7 Å². The lowest BCUT2D eigenvalue weighted by molar-refractivity contribution is 0.406. The maximum Gasteiger partial charge on any atom is 0.264 e. The van der Waals surface area contributed by atoms with E-state index in [1.165, 1.54) is 19.2 Å². The van der Waals surface area contributed by atoms with Crippen molar-refractivity contribution >= 4 is 21.4 Å². The average Bonchev–Trinajstić information content (AvgIpc) is 2.78. The fourth-order valence-electron chi connectivity index (χ4n) is 4.29. The van der Waals surface area contributed by atoms with Crippen molar-refractivity contribution in [3.05, 3.63) is 66.1 Å². The van der Waals surface area contributed by atoms with Gasteiger partial charge in [0.2, 0.25) is 0 Å². The standard InChI is InChI=1S/C25H29FN4O3S/c1-16-6-5-7-22(28-16)19-8-11-25(21(26)12-19)34(31,32)29-23-13-20(9-10-24(23)33-4)30-14-17(2)27-18(3)15-30/h5-13,17-18,27,29H,14-15H2,1-4H3/t17-,18+. The van der Waals surface area contributed by atoms with Crippen LogP contribution in [0.5, 0.6) is 5.75 Å². The first-order valence-corrected chi connectivity index (χ1v) is 12.6. The molecule has 2 aromatic carbocycles. The number of ether oxygens (including phenoxy) is 1. The Balaban J connectivity index is 1.64. The average molecular weight is 485 g/mol. The van der Waals surface area contributed by atoms with Gasteiger partial charge in [-0.15, -0.1) is 0 Å². The lowest BCUT2D eigenvalue weighted by atomic mass is 10.1. The molecule has 7 nitrogen and oxygen atoms in total. The molecule has 4 rings (SSSR count). The van der Waals surface area contributed by atoms with E-state index in [1.807, 2.05) is 25.1 Å². The molecule has 0 radical (unpaired) electrons. The molecule has 0 bridgehead atoms. The summed E-state index contributed by atoms with van der Waals surface area (Å²) >= 11 is 0. The van der Waals surface area contributed by atoms with E-state index in [1.54, 1.807) is 24.3 Å². The highest BCUT2D eigenvalue weighted by atomic mass is 32.2. The van der Waals surface area contributed by atoms with E-state index in [0.717, 1.165) is 24.5 Å². The van der Waals surface area contributed by atoms with E-state index in [0.29, 0.717) is 29.1 Å². The number of piperazine rings is 1. The summed E-state index contributed by atoms with van der Waals surface area (Å²) in [6.45, 7) is 7.62. The third-order valence-corrected chi connectivity index (χ3v) is 7.15. The summed E-state index contributed by atoms with van der Waals surface area (Å²) in [5, 5.41) is 3.48. The summed E-state index contributed by atoms with van der Waals surface area (Å²) in [5.74, 6) is -0.502. The molecule has 2 atom stereocenters. The Kier molecular flexibility index (Phi) is 6.77. The number of pyridine rings is 1. The molecule has 3 aromatic rings. The first kappa shape index (κ1) is 24.0. The topological polar surface area (TPSA) is 83.6 Å². The van der Waals surface area contributed by atoms with Gasteiger partial charge in [-0.05, 0) is 63.2 Å². The van der Waals surface area contributed by atoms with E-state index in [2.05, 4.69) is 33.8 Å². The van der Waals surface area contributed by atoms with Crippen LogP contribution in [-0.4, -0.2) is 45.7 Å². The Morgan fingerprint density at radius 3 is 2.47 bits per heavy atom. The molecule has 34 heavy (non-hydrogen) atoms. The number of benzene rings is 2. The molecule has 0 saturated carbocycles. The third-order valence-electron chi connectivity index (χ3n) is 5.76. The fourth-order valence-corrected chi connectivity index (χ4v) is 5.41. The van der Waals surface area contributed by atoms with Crippen molar-refractivity contribution in [3.63, 3.8) is 0 Å². The number of hydrogen-bond acceptors (Lipinski definition) is 6. The van der Waals surface area contributed by atoms with Crippen LogP contribution >= 0.6 is 0 Å². The Morgan fingerprint density at radius 2 is 1.82 bits per heavy atom. The van der Waals surface area contributed by atoms with Crippen molar-refractivity contribution in [1.29, 1.82) is 0 Å². The number of aromatic nitrogens is 1. The molecule has 2 N–H and O–H groups in total. The molecule has 1 aliphatic rings. The summed E-state index contributed by atoms with van der Waals surface area (Å²) < 4.78 is 49.1. The van der Waals surface area contributed by atoms with Crippen LogP contribution in [0.2, 0.25) is 0 Å². The Hall–Kier alpha value is -3.17.